The molecule has 0 spiro atoms. The molecule has 1 heterocycles. The number of hydrogen-bond donors (Lipinski definition) is 1. The molecule has 0 saturated carbocycles. The molecule has 0 unspecified atom stereocenters. The van der Waals surface area contributed by atoms with Gasteiger partial charge < -0.3 is 10.3 Å². The van der Waals surface area contributed by atoms with Crippen molar-refractivity contribution in [1.29, 1.82) is 0 Å². The number of aromatic nitrogens is 2. The largest absolute Gasteiger partial charge is 0.384 e. The van der Waals surface area contributed by atoms with Crippen LogP contribution in [0.2, 0.25) is 5.02 Å². The maximum absolute atomic E-state index is 5.89. The zero-order chi connectivity index (χ0) is 10.1. The van der Waals surface area contributed by atoms with E-state index in [0.29, 0.717) is 10.8 Å². The average molecular weight is 208 g/mol. The third kappa shape index (κ3) is 1.46. The van der Waals surface area contributed by atoms with Crippen molar-refractivity contribution < 1.29 is 0 Å². The Hall–Kier alpha value is -1.48. The highest BCUT2D eigenvalue weighted by Gasteiger charge is 2.05. The van der Waals surface area contributed by atoms with E-state index < -0.39 is 0 Å². The summed E-state index contributed by atoms with van der Waals surface area (Å²) in [7, 11) is 1.87. The molecule has 0 aliphatic rings. The molecule has 0 atom stereocenters. The van der Waals surface area contributed by atoms with Crippen LogP contribution < -0.4 is 5.73 Å². The molecule has 0 bridgehead atoms. The minimum atomic E-state index is 0.639. The summed E-state index contributed by atoms with van der Waals surface area (Å²) in [5, 5.41) is 0.698. The number of rotatable bonds is 1. The van der Waals surface area contributed by atoms with Crippen molar-refractivity contribution in [2.24, 2.45) is 7.05 Å². The van der Waals surface area contributed by atoms with E-state index in [1.54, 1.807) is 6.20 Å². The molecule has 2 rings (SSSR count). The maximum atomic E-state index is 5.89. The van der Waals surface area contributed by atoms with Crippen LogP contribution in [0.15, 0.2) is 30.5 Å². The molecular weight excluding hydrogens is 198 g/mol. The highest BCUT2D eigenvalue weighted by Crippen LogP contribution is 2.22. The Bertz CT molecular complexity index is 462. The summed E-state index contributed by atoms with van der Waals surface area (Å²) in [5.41, 5.74) is 6.65. The Kier molecular flexibility index (Phi) is 2.17. The van der Waals surface area contributed by atoms with Gasteiger partial charge in [-0.3, -0.25) is 0 Å². The number of hydrogen-bond acceptors (Lipinski definition) is 2. The lowest BCUT2D eigenvalue weighted by atomic mass is 10.2. The first kappa shape index (κ1) is 9.09. The molecule has 1 aromatic carbocycles. The number of nitrogens with zero attached hydrogens (tertiary/aromatic N) is 2. The zero-order valence-electron chi connectivity index (χ0n) is 7.74. The van der Waals surface area contributed by atoms with Crippen molar-refractivity contribution >= 4 is 17.4 Å². The lowest BCUT2D eigenvalue weighted by Gasteiger charge is -2.02. The van der Waals surface area contributed by atoms with Gasteiger partial charge in [0.05, 0.1) is 6.20 Å². The molecule has 0 radical (unpaired) electrons. The van der Waals surface area contributed by atoms with Crippen molar-refractivity contribution in [2.45, 2.75) is 0 Å². The fourth-order valence-corrected chi connectivity index (χ4v) is 1.51. The van der Waals surface area contributed by atoms with Crippen LogP contribution in [-0.2, 0) is 7.05 Å². The number of benzene rings is 1. The van der Waals surface area contributed by atoms with Gasteiger partial charge in [0.15, 0.2) is 0 Å². The number of imidazole rings is 1. The van der Waals surface area contributed by atoms with Crippen LogP contribution in [0, 0.1) is 0 Å². The van der Waals surface area contributed by atoms with E-state index in [9.17, 15) is 0 Å². The van der Waals surface area contributed by atoms with Gasteiger partial charge in [-0.2, -0.15) is 0 Å². The molecule has 2 N–H and O–H groups in total. The van der Waals surface area contributed by atoms with Crippen molar-refractivity contribution in [1.82, 2.24) is 9.55 Å². The van der Waals surface area contributed by atoms with Crippen LogP contribution in [0.1, 0.15) is 0 Å². The quantitative estimate of drug-likeness (QED) is 0.780. The van der Waals surface area contributed by atoms with Gasteiger partial charge in [0.2, 0.25) is 0 Å². The summed E-state index contributed by atoms with van der Waals surface area (Å²) in [4.78, 5) is 4.21. The number of halogens is 1. The Balaban J connectivity index is 2.55. The third-order valence-electron chi connectivity index (χ3n) is 2.11. The molecule has 1 aromatic heterocycles. The maximum Gasteiger partial charge on any atom is 0.141 e. The fourth-order valence-electron chi connectivity index (χ4n) is 1.32. The Morgan fingerprint density at radius 2 is 2.21 bits per heavy atom. The second kappa shape index (κ2) is 3.35. The van der Waals surface area contributed by atoms with Crippen molar-refractivity contribution in [3.8, 4) is 11.4 Å². The molecule has 14 heavy (non-hydrogen) atoms. The molecule has 0 amide bonds. The smallest absolute Gasteiger partial charge is 0.141 e. The van der Waals surface area contributed by atoms with Crippen molar-refractivity contribution in [3.63, 3.8) is 0 Å². The van der Waals surface area contributed by atoms with E-state index in [-0.39, 0.29) is 0 Å². The normalized spacial score (nSPS) is 10.4. The summed E-state index contributed by atoms with van der Waals surface area (Å²) in [5.74, 6) is 1.46. The standard InChI is InChI=1S/C10H10ClN3/c1-14-9(12)6-13-10(14)7-3-2-4-8(11)5-7/h2-6H,12H2,1H3. The second-order valence-corrected chi connectivity index (χ2v) is 3.51. The Morgan fingerprint density at radius 3 is 2.79 bits per heavy atom. The van der Waals surface area contributed by atoms with Gasteiger partial charge in [0.1, 0.15) is 11.6 Å². The highest BCUT2D eigenvalue weighted by molar-refractivity contribution is 6.30. The van der Waals surface area contributed by atoms with E-state index in [1.807, 2.05) is 35.9 Å². The van der Waals surface area contributed by atoms with Gasteiger partial charge in [0, 0.05) is 17.6 Å². The second-order valence-electron chi connectivity index (χ2n) is 3.08. The lowest BCUT2D eigenvalue weighted by molar-refractivity contribution is 0.937. The summed E-state index contributed by atoms with van der Waals surface area (Å²) in [6.45, 7) is 0. The van der Waals surface area contributed by atoms with Crippen LogP contribution >= 0.6 is 11.6 Å². The summed E-state index contributed by atoms with van der Waals surface area (Å²) in [6, 6.07) is 7.54. The van der Waals surface area contributed by atoms with Crippen LogP contribution in [0.3, 0.4) is 0 Å². The average Bonchev–Trinajstić information content (AvgIpc) is 2.48. The molecule has 0 fully saturated rings. The molecule has 0 aliphatic carbocycles. The SMILES string of the molecule is Cn1c(N)cnc1-c1cccc(Cl)c1. The molecule has 2 aromatic rings. The van der Waals surface area contributed by atoms with E-state index in [4.69, 9.17) is 17.3 Å². The van der Waals surface area contributed by atoms with Gasteiger partial charge in [-0.15, -0.1) is 0 Å². The fraction of sp³-hybridized carbons (Fsp3) is 0.100. The minimum Gasteiger partial charge on any atom is -0.384 e. The molecule has 4 heteroatoms. The van der Waals surface area contributed by atoms with Gasteiger partial charge in [-0.05, 0) is 12.1 Å². The number of nitrogens with two attached hydrogens (primary N) is 1. The lowest BCUT2D eigenvalue weighted by Crippen LogP contribution is -1.97. The summed E-state index contributed by atoms with van der Waals surface area (Å²) >= 11 is 5.89. The van der Waals surface area contributed by atoms with E-state index in [2.05, 4.69) is 4.98 Å². The van der Waals surface area contributed by atoms with E-state index >= 15 is 0 Å². The Morgan fingerprint density at radius 1 is 1.43 bits per heavy atom. The van der Waals surface area contributed by atoms with Crippen LogP contribution in [0.5, 0.6) is 0 Å². The van der Waals surface area contributed by atoms with Gasteiger partial charge in [-0.25, -0.2) is 4.98 Å². The van der Waals surface area contributed by atoms with Crippen molar-refractivity contribution in [3.05, 3.63) is 35.5 Å². The number of nitrogen functional groups attached to an aromatic ring is 1. The first-order valence-electron chi connectivity index (χ1n) is 4.21. The van der Waals surface area contributed by atoms with Crippen molar-refractivity contribution in [2.75, 3.05) is 5.73 Å². The highest BCUT2D eigenvalue weighted by atomic mass is 35.5. The predicted octanol–water partition coefficient (Wildman–Crippen LogP) is 2.32. The molecule has 0 saturated heterocycles. The monoisotopic (exact) mass is 207 g/mol. The van der Waals surface area contributed by atoms with E-state index in [0.717, 1.165) is 11.4 Å². The molecule has 72 valence electrons. The van der Waals surface area contributed by atoms with Crippen LogP contribution in [-0.4, -0.2) is 9.55 Å². The predicted molar refractivity (Wildman–Crippen MR) is 58.1 cm³/mol. The Labute approximate surface area is 87.1 Å². The zero-order valence-corrected chi connectivity index (χ0v) is 8.49. The minimum absolute atomic E-state index is 0.639. The summed E-state index contributed by atoms with van der Waals surface area (Å²) in [6.07, 6.45) is 1.64. The first-order valence-corrected chi connectivity index (χ1v) is 4.59. The van der Waals surface area contributed by atoms with Gasteiger partial charge in [0.25, 0.3) is 0 Å². The number of anilines is 1. The topological polar surface area (TPSA) is 43.8 Å². The van der Waals surface area contributed by atoms with Gasteiger partial charge in [-0.1, -0.05) is 23.7 Å². The van der Waals surface area contributed by atoms with Gasteiger partial charge >= 0.3 is 0 Å². The van der Waals surface area contributed by atoms with Crippen LogP contribution in [0.25, 0.3) is 11.4 Å². The third-order valence-corrected chi connectivity index (χ3v) is 2.34. The molecular formula is C10H10ClN3. The summed E-state index contributed by atoms with van der Waals surface area (Å²) < 4.78 is 1.83. The van der Waals surface area contributed by atoms with E-state index in [1.165, 1.54) is 0 Å². The first-order chi connectivity index (χ1) is 6.68. The van der Waals surface area contributed by atoms with Crippen LogP contribution in [0.4, 0.5) is 5.82 Å². The molecule has 3 nitrogen and oxygen atoms in total. The molecule has 0 aliphatic heterocycles.